The van der Waals surface area contributed by atoms with Crippen molar-refractivity contribution in [3.05, 3.63) is 53.9 Å². The molecule has 3 N–H and O–H groups in total. The molecule has 1 aromatic heterocycles. The van der Waals surface area contributed by atoms with Gasteiger partial charge < -0.3 is 10.4 Å². The Balaban J connectivity index is 1.86. The van der Waals surface area contributed by atoms with E-state index in [-0.39, 0.29) is 25.0 Å². The van der Waals surface area contributed by atoms with Crippen LogP contribution in [0.2, 0.25) is 0 Å². The lowest BCUT2D eigenvalue weighted by Crippen LogP contribution is -2.39. The lowest BCUT2D eigenvalue weighted by molar-refractivity contribution is -0.121. The Hall–Kier alpha value is -2.14. The molecule has 5 heteroatoms. The first-order valence-corrected chi connectivity index (χ1v) is 6.20. The minimum Gasteiger partial charge on any atom is -0.394 e. The van der Waals surface area contributed by atoms with Crippen molar-refractivity contribution >= 4 is 5.91 Å². The summed E-state index contributed by atoms with van der Waals surface area (Å²) >= 11 is 0. The topological polar surface area (TPSA) is 78.0 Å². The summed E-state index contributed by atoms with van der Waals surface area (Å²) in [5, 5.41) is 18.7. The Bertz CT molecular complexity index is 497. The Morgan fingerprint density at radius 2 is 2.11 bits per heavy atom. The van der Waals surface area contributed by atoms with Gasteiger partial charge in [0.1, 0.15) is 0 Å². The highest BCUT2D eigenvalue weighted by Crippen LogP contribution is 2.03. The molecule has 1 heterocycles. The van der Waals surface area contributed by atoms with Gasteiger partial charge in [0, 0.05) is 11.9 Å². The van der Waals surface area contributed by atoms with E-state index in [2.05, 4.69) is 15.5 Å². The molecular formula is C14H17N3O2. The van der Waals surface area contributed by atoms with Crippen LogP contribution < -0.4 is 5.32 Å². The standard InChI is InChI=1S/C14H17N3O2/c18-10-13(8-11-4-2-1-3-5-11)16-14(19)9-12-6-7-15-17-12/h1-7,13,18H,8-10H2,(H,15,17)(H,16,19). The van der Waals surface area contributed by atoms with Crippen LogP contribution in [0.3, 0.4) is 0 Å². The number of hydrogen-bond acceptors (Lipinski definition) is 3. The summed E-state index contributed by atoms with van der Waals surface area (Å²) in [6.07, 6.45) is 2.47. The number of benzene rings is 1. The smallest absolute Gasteiger partial charge is 0.226 e. The summed E-state index contributed by atoms with van der Waals surface area (Å²) in [6.45, 7) is -0.0798. The van der Waals surface area contributed by atoms with Crippen LogP contribution in [0.15, 0.2) is 42.6 Å². The highest BCUT2D eigenvalue weighted by atomic mass is 16.3. The predicted molar refractivity (Wildman–Crippen MR) is 71.5 cm³/mol. The van der Waals surface area contributed by atoms with E-state index in [0.29, 0.717) is 6.42 Å². The number of aromatic nitrogens is 2. The molecule has 1 unspecified atom stereocenters. The van der Waals surface area contributed by atoms with Gasteiger partial charge in [0.05, 0.1) is 19.1 Å². The molecule has 0 saturated heterocycles. The first kappa shape index (κ1) is 13.3. The average Bonchev–Trinajstić information content (AvgIpc) is 2.92. The molecule has 1 atom stereocenters. The Morgan fingerprint density at radius 1 is 1.32 bits per heavy atom. The Morgan fingerprint density at radius 3 is 2.74 bits per heavy atom. The van der Waals surface area contributed by atoms with Crippen molar-refractivity contribution in [3.8, 4) is 0 Å². The lowest BCUT2D eigenvalue weighted by Gasteiger charge is -2.16. The van der Waals surface area contributed by atoms with E-state index >= 15 is 0 Å². The molecule has 2 aromatic rings. The number of aliphatic hydroxyl groups is 1. The van der Waals surface area contributed by atoms with E-state index in [1.165, 1.54) is 0 Å². The highest BCUT2D eigenvalue weighted by molar-refractivity contribution is 5.78. The molecule has 0 saturated carbocycles. The Kier molecular flexibility index (Phi) is 4.69. The molecular weight excluding hydrogens is 242 g/mol. The van der Waals surface area contributed by atoms with E-state index in [0.717, 1.165) is 11.3 Å². The number of amides is 1. The van der Waals surface area contributed by atoms with Crippen LogP contribution in [0.25, 0.3) is 0 Å². The number of aliphatic hydroxyl groups excluding tert-OH is 1. The average molecular weight is 259 g/mol. The zero-order valence-electron chi connectivity index (χ0n) is 10.5. The van der Waals surface area contributed by atoms with Crippen LogP contribution in [0.4, 0.5) is 0 Å². The first-order valence-electron chi connectivity index (χ1n) is 6.20. The summed E-state index contributed by atoms with van der Waals surface area (Å²) in [6, 6.07) is 11.3. The fourth-order valence-corrected chi connectivity index (χ4v) is 1.89. The second-order valence-corrected chi connectivity index (χ2v) is 4.40. The van der Waals surface area contributed by atoms with E-state index in [9.17, 15) is 9.90 Å². The number of carbonyl (C=O) groups excluding carboxylic acids is 1. The van der Waals surface area contributed by atoms with Gasteiger partial charge in [0.2, 0.25) is 5.91 Å². The molecule has 0 spiro atoms. The van der Waals surface area contributed by atoms with Crippen molar-refractivity contribution in [1.82, 2.24) is 15.5 Å². The number of H-pyrrole nitrogens is 1. The van der Waals surface area contributed by atoms with Crippen molar-refractivity contribution in [2.24, 2.45) is 0 Å². The summed E-state index contributed by atoms with van der Waals surface area (Å²) in [5.41, 5.74) is 1.84. The largest absolute Gasteiger partial charge is 0.394 e. The van der Waals surface area contributed by atoms with Crippen LogP contribution in [0.1, 0.15) is 11.3 Å². The quantitative estimate of drug-likeness (QED) is 0.713. The second kappa shape index (κ2) is 6.70. The molecule has 2 rings (SSSR count). The van der Waals surface area contributed by atoms with E-state index in [1.807, 2.05) is 30.3 Å². The minimum atomic E-state index is -0.266. The van der Waals surface area contributed by atoms with Crippen LogP contribution >= 0.6 is 0 Å². The van der Waals surface area contributed by atoms with Gasteiger partial charge in [-0.15, -0.1) is 0 Å². The van der Waals surface area contributed by atoms with Crippen LogP contribution in [-0.2, 0) is 17.6 Å². The third kappa shape index (κ3) is 4.22. The number of aromatic amines is 1. The van der Waals surface area contributed by atoms with Gasteiger partial charge in [-0.2, -0.15) is 5.10 Å². The summed E-state index contributed by atoms with van der Waals surface area (Å²) in [5.74, 6) is -0.126. The van der Waals surface area contributed by atoms with E-state index in [4.69, 9.17) is 0 Å². The van der Waals surface area contributed by atoms with Crippen LogP contribution in [-0.4, -0.2) is 33.9 Å². The number of rotatable bonds is 6. The molecule has 0 bridgehead atoms. The minimum absolute atomic E-state index is 0.0798. The van der Waals surface area contributed by atoms with Gasteiger partial charge in [0.15, 0.2) is 0 Å². The van der Waals surface area contributed by atoms with Crippen molar-refractivity contribution < 1.29 is 9.90 Å². The Labute approximate surface area is 111 Å². The van der Waals surface area contributed by atoms with Gasteiger partial charge in [-0.1, -0.05) is 30.3 Å². The summed E-state index contributed by atoms with van der Waals surface area (Å²) < 4.78 is 0. The third-order valence-electron chi connectivity index (χ3n) is 2.82. The van der Waals surface area contributed by atoms with Crippen LogP contribution in [0, 0.1) is 0 Å². The zero-order chi connectivity index (χ0) is 13.5. The second-order valence-electron chi connectivity index (χ2n) is 4.40. The molecule has 0 aliphatic rings. The molecule has 19 heavy (non-hydrogen) atoms. The molecule has 1 amide bonds. The summed E-state index contributed by atoms with van der Waals surface area (Å²) in [4.78, 5) is 11.8. The predicted octanol–water partition coefficient (Wildman–Crippen LogP) is 0.672. The first-order chi connectivity index (χ1) is 9.28. The van der Waals surface area contributed by atoms with Crippen molar-refractivity contribution in [1.29, 1.82) is 0 Å². The molecule has 1 aromatic carbocycles. The number of hydrogen-bond donors (Lipinski definition) is 3. The highest BCUT2D eigenvalue weighted by Gasteiger charge is 2.12. The van der Waals surface area contributed by atoms with Gasteiger partial charge >= 0.3 is 0 Å². The van der Waals surface area contributed by atoms with E-state index in [1.54, 1.807) is 12.3 Å². The number of carbonyl (C=O) groups is 1. The molecule has 100 valence electrons. The van der Waals surface area contributed by atoms with Gasteiger partial charge in [0.25, 0.3) is 0 Å². The SMILES string of the molecule is O=C(Cc1ccn[nH]1)NC(CO)Cc1ccccc1. The normalized spacial score (nSPS) is 12.1. The fraction of sp³-hybridized carbons (Fsp3) is 0.286. The maximum Gasteiger partial charge on any atom is 0.226 e. The van der Waals surface area contributed by atoms with E-state index < -0.39 is 0 Å². The molecule has 0 fully saturated rings. The summed E-state index contributed by atoms with van der Waals surface area (Å²) in [7, 11) is 0. The van der Waals surface area contributed by atoms with Gasteiger partial charge in [-0.05, 0) is 18.1 Å². The molecule has 0 aliphatic heterocycles. The van der Waals surface area contributed by atoms with Crippen LogP contribution in [0.5, 0.6) is 0 Å². The van der Waals surface area contributed by atoms with Gasteiger partial charge in [-0.3, -0.25) is 9.89 Å². The van der Waals surface area contributed by atoms with Gasteiger partial charge in [-0.25, -0.2) is 0 Å². The third-order valence-corrected chi connectivity index (χ3v) is 2.82. The number of nitrogens with zero attached hydrogens (tertiary/aromatic N) is 1. The van der Waals surface area contributed by atoms with Crippen molar-refractivity contribution in [2.45, 2.75) is 18.9 Å². The number of nitrogens with one attached hydrogen (secondary N) is 2. The van der Waals surface area contributed by atoms with Crippen molar-refractivity contribution in [3.63, 3.8) is 0 Å². The maximum absolute atomic E-state index is 11.8. The lowest BCUT2D eigenvalue weighted by atomic mass is 10.1. The molecule has 0 aliphatic carbocycles. The maximum atomic E-state index is 11.8. The zero-order valence-corrected chi connectivity index (χ0v) is 10.5. The van der Waals surface area contributed by atoms with Crippen molar-refractivity contribution in [2.75, 3.05) is 6.61 Å². The molecule has 0 radical (unpaired) electrons. The fourth-order valence-electron chi connectivity index (χ4n) is 1.89. The monoisotopic (exact) mass is 259 g/mol. The molecule has 5 nitrogen and oxygen atoms in total.